The summed E-state index contributed by atoms with van der Waals surface area (Å²) in [4.78, 5) is 12.7. The van der Waals surface area contributed by atoms with Crippen LogP contribution >= 0.6 is 0 Å². The first-order chi connectivity index (χ1) is 14.8. The summed E-state index contributed by atoms with van der Waals surface area (Å²) in [6.07, 6.45) is 0. The Balaban J connectivity index is 1.78. The summed E-state index contributed by atoms with van der Waals surface area (Å²) in [7, 11) is -2.17. The highest BCUT2D eigenvalue weighted by molar-refractivity contribution is 7.89. The van der Waals surface area contributed by atoms with Crippen LogP contribution in [0.4, 0.5) is 5.69 Å². The minimum atomic E-state index is -3.72. The number of nitrogens with zero attached hydrogens (tertiary/aromatic N) is 1. The summed E-state index contributed by atoms with van der Waals surface area (Å²) < 4.78 is 33.1. The van der Waals surface area contributed by atoms with Crippen LogP contribution in [0.15, 0.2) is 83.8 Å². The van der Waals surface area contributed by atoms with Crippen LogP contribution < -0.4 is 10.1 Å². The van der Waals surface area contributed by atoms with Gasteiger partial charge in [-0.1, -0.05) is 36.4 Å². The first-order valence-corrected chi connectivity index (χ1v) is 11.4. The average Bonchev–Trinajstić information content (AvgIpc) is 2.78. The van der Waals surface area contributed by atoms with E-state index in [0.717, 1.165) is 5.56 Å². The number of hydrogen-bond donors (Lipinski definition) is 1. The first kappa shape index (κ1) is 22.5. The zero-order valence-electron chi connectivity index (χ0n) is 17.8. The van der Waals surface area contributed by atoms with E-state index in [0.29, 0.717) is 17.0 Å². The Bertz CT molecular complexity index is 1130. The molecular formula is C24H26N2O4S. The van der Waals surface area contributed by atoms with Gasteiger partial charge in [-0.2, -0.15) is 4.31 Å². The second-order valence-electron chi connectivity index (χ2n) is 7.34. The number of carbonyl (C=O) groups excluding carboxylic acids is 1. The van der Waals surface area contributed by atoms with Gasteiger partial charge < -0.3 is 10.1 Å². The lowest BCUT2D eigenvalue weighted by Crippen LogP contribution is -2.36. The Morgan fingerprint density at radius 1 is 0.968 bits per heavy atom. The Labute approximate surface area is 183 Å². The van der Waals surface area contributed by atoms with E-state index in [2.05, 4.69) is 5.32 Å². The Hall–Kier alpha value is -3.16. The molecule has 0 unspecified atom stereocenters. The number of amides is 1. The van der Waals surface area contributed by atoms with E-state index in [-0.39, 0.29) is 23.4 Å². The predicted octanol–water partition coefficient (Wildman–Crippen LogP) is 4.55. The lowest BCUT2D eigenvalue weighted by atomic mass is 10.2. The summed E-state index contributed by atoms with van der Waals surface area (Å²) in [5.41, 5.74) is 1.87. The van der Waals surface area contributed by atoms with Crippen molar-refractivity contribution in [2.24, 2.45) is 0 Å². The molecule has 0 bridgehead atoms. The number of benzene rings is 3. The van der Waals surface area contributed by atoms with Gasteiger partial charge in [0.2, 0.25) is 10.0 Å². The third-order valence-corrected chi connectivity index (χ3v) is 6.84. The molecule has 162 valence electrons. The van der Waals surface area contributed by atoms with Gasteiger partial charge in [-0.25, -0.2) is 8.42 Å². The van der Waals surface area contributed by atoms with Gasteiger partial charge in [0, 0.05) is 29.9 Å². The van der Waals surface area contributed by atoms with Crippen LogP contribution in [0.2, 0.25) is 0 Å². The molecule has 0 fully saturated rings. The third kappa shape index (κ3) is 5.51. The Morgan fingerprint density at radius 2 is 1.65 bits per heavy atom. The lowest BCUT2D eigenvalue weighted by Gasteiger charge is -2.26. The summed E-state index contributed by atoms with van der Waals surface area (Å²) >= 11 is 0. The van der Waals surface area contributed by atoms with Crippen molar-refractivity contribution in [2.75, 3.05) is 12.4 Å². The van der Waals surface area contributed by atoms with Gasteiger partial charge in [0.05, 0.1) is 12.0 Å². The van der Waals surface area contributed by atoms with E-state index in [1.54, 1.807) is 31.4 Å². The fourth-order valence-corrected chi connectivity index (χ4v) is 4.75. The van der Waals surface area contributed by atoms with Gasteiger partial charge in [-0.3, -0.25) is 4.79 Å². The van der Waals surface area contributed by atoms with Crippen molar-refractivity contribution in [1.82, 2.24) is 4.31 Å². The summed E-state index contributed by atoms with van der Waals surface area (Å²) in [6, 6.07) is 22.2. The average molecular weight is 439 g/mol. The second-order valence-corrected chi connectivity index (χ2v) is 9.23. The molecule has 0 saturated heterocycles. The number of ether oxygens (including phenoxy) is 1. The lowest BCUT2D eigenvalue weighted by molar-refractivity contribution is 0.102. The van der Waals surface area contributed by atoms with Crippen LogP contribution in [0.1, 0.15) is 29.8 Å². The van der Waals surface area contributed by atoms with Crippen LogP contribution in [-0.4, -0.2) is 31.8 Å². The van der Waals surface area contributed by atoms with Crippen LogP contribution in [0.5, 0.6) is 5.75 Å². The Morgan fingerprint density at radius 3 is 2.26 bits per heavy atom. The number of carbonyl (C=O) groups is 1. The van der Waals surface area contributed by atoms with Crippen LogP contribution in [0.3, 0.4) is 0 Å². The molecule has 3 rings (SSSR count). The molecule has 0 aliphatic carbocycles. The van der Waals surface area contributed by atoms with E-state index >= 15 is 0 Å². The van der Waals surface area contributed by atoms with E-state index in [1.165, 1.54) is 28.6 Å². The molecule has 0 atom stereocenters. The first-order valence-electron chi connectivity index (χ1n) is 9.92. The molecule has 0 spiro atoms. The number of sulfonamides is 1. The largest absolute Gasteiger partial charge is 0.497 e. The van der Waals surface area contributed by atoms with Crippen molar-refractivity contribution in [3.63, 3.8) is 0 Å². The quantitative estimate of drug-likeness (QED) is 0.560. The van der Waals surface area contributed by atoms with Gasteiger partial charge in [0.15, 0.2) is 0 Å². The van der Waals surface area contributed by atoms with Gasteiger partial charge in [0.1, 0.15) is 5.75 Å². The maximum absolute atomic E-state index is 13.2. The molecule has 0 aromatic heterocycles. The van der Waals surface area contributed by atoms with Gasteiger partial charge in [-0.15, -0.1) is 0 Å². The smallest absolute Gasteiger partial charge is 0.255 e. The van der Waals surface area contributed by atoms with E-state index in [1.807, 2.05) is 44.2 Å². The highest BCUT2D eigenvalue weighted by atomic mass is 32.2. The van der Waals surface area contributed by atoms with E-state index in [9.17, 15) is 13.2 Å². The molecule has 0 saturated carbocycles. The molecule has 1 amide bonds. The van der Waals surface area contributed by atoms with Gasteiger partial charge in [0.25, 0.3) is 5.91 Å². The van der Waals surface area contributed by atoms with Gasteiger partial charge >= 0.3 is 0 Å². The number of methoxy groups -OCH3 is 1. The van der Waals surface area contributed by atoms with Crippen molar-refractivity contribution in [3.8, 4) is 5.75 Å². The molecule has 1 N–H and O–H groups in total. The van der Waals surface area contributed by atoms with Crippen molar-refractivity contribution >= 4 is 21.6 Å². The number of anilines is 1. The molecule has 6 nitrogen and oxygen atoms in total. The number of hydrogen-bond acceptors (Lipinski definition) is 4. The molecule has 31 heavy (non-hydrogen) atoms. The summed E-state index contributed by atoms with van der Waals surface area (Å²) in [6.45, 7) is 3.96. The number of nitrogens with one attached hydrogen (secondary N) is 1. The fourth-order valence-electron chi connectivity index (χ4n) is 3.13. The third-order valence-electron chi connectivity index (χ3n) is 4.81. The molecular weight excluding hydrogens is 412 g/mol. The number of rotatable bonds is 8. The minimum absolute atomic E-state index is 0.148. The minimum Gasteiger partial charge on any atom is -0.497 e. The van der Waals surface area contributed by atoms with Crippen LogP contribution in [0, 0.1) is 0 Å². The monoisotopic (exact) mass is 438 g/mol. The molecule has 7 heteroatoms. The van der Waals surface area contributed by atoms with Crippen molar-refractivity contribution in [1.29, 1.82) is 0 Å². The standard InChI is InChI=1S/C24H26N2O4S/c1-18(2)26(17-19-8-5-4-6-9-19)31(28,29)23-14-12-20(13-15-23)24(27)25-21-10-7-11-22(16-21)30-3/h4-16,18H,17H2,1-3H3,(H,25,27). The Kier molecular flexibility index (Phi) is 7.09. The van der Waals surface area contributed by atoms with Crippen molar-refractivity contribution in [2.45, 2.75) is 31.3 Å². The van der Waals surface area contributed by atoms with Crippen molar-refractivity contribution < 1.29 is 17.9 Å². The molecule has 0 aliphatic rings. The van der Waals surface area contributed by atoms with Crippen LogP contribution in [-0.2, 0) is 16.6 Å². The molecule has 0 radical (unpaired) electrons. The second kappa shape index (κ2) is 9.76. The summed E-state index contributed by atoms with van der Waals surface area (Å²) in [5, 5.41) is 2.79. The fraction of sp³-hybridized carbons (Fsp3) is 0.208. The van der Waals surface area contributed by atoms with Crippen LogP contribution in [0.25, 0.3) is 0 Å². The SMILES string of the molecule is COc1cccc(NC(=O)c2ccc(S(=O)(=O)N(Cc3ccccc3)C(C)C)cc2)c1. The van der Waals surface area contributed by atoms with Gasteiger partial charge in [-0.05, 0) is 55.8 Å². The maximum Gasteiger partial charge on any atom is 0.255 e. The molecule has 0 aliphatic heterocycles. The highest BCUT2D eigenvalue weighted by Gasteiger charge is 2.27. The predicted molar refractivity (Wildman–Crippen MR) is 122 cm³/mol. The zero-order valence-corrected chi connectivity index (χ0v) is 18.6. The molecule has 3 aromatic carbocycles. The zero-order chi connectivity index (χ0) is 22.4. The topological polar surface area (TPSA) is 75.7 Å². The van der Waals surface area contributed by atoms with E-state index < -0.39 is 10.0 Å². The maximum atomic E-state index is 13.2. The highest BCUT2D eigenvalue weighted by Crippen LogP contribution is 2.22. The van der Waals surface area contributed by atoms with Crippen molar-refractivity contribution in [3.05, 3.63) is 90.0 Å². The molecule has 0 heterocycles. The molecule has 3 aromatic rings. The summed E-state index contributed by atoms with van der Waals surface area (Å²) in [5.74, 6) is 0.300. The normalized spacial score (nSPS) is 11.5. The van der Waals surface area contributed by atoms with E-state index in [4.69, 9.17) is 4.74 Å².